The van der Waals surface area contributed by atoms with Crippen LogP contribution in [0.2, 0.25) is 0 Å². The molecule has 10 heteroatoms. The first-order valence-corrected chi connectivity index (χ1v) is 11.4. The minimum absolute atomic E-state index is 0.0675. The summed E-state index contributed by atoms with van der Waals surface area (Å²) >= 11 is 1.67. The molecule has 3 aromatic heterocycles. The summed E-state index contributed by atoms with van der Waals surface area (Å²) in [6, 6.07) is 9.29. The van der Waals surface area contributed by atoms with Gasteiger partial charge in [0, 0.05) is 41.8 Å². The Labute approximate surface area is 188 Å². The number of H-pyrrole nitrogens is 1. The topological polar surface area (TPSA) is 126 Å². The highest BCUT2D eigenvalue weighted by molar-refractivity contribution is 7.10. The number of benzene rings is 1. The summed E-state index contributed by atoms with van der Waals surface area (Å²) < 4.78 is 5.30. The van der Waals surface area contributed by atoms with E-state index in [4.69, 9.17) is 4.52 Å². The van der Waals surface area contributed by atoms with Gasteiger partial charge in [0.1, 0.15) is 0 Å². The van der Waals surface area contributed by atoms with Crippen LogP contribution in [-0.2, 0) is 17.6 Å². The van der Waals surface area contributed by atoms with Crippen molar-refractivity contribution in [2.24, 2.45) is 0 Å². The van der Waals surface area contributed by atoms with Crippen LogP contribution in [0.5, 0.6) is 0 Å². The van der Waals surface area contributed by atoms with Crippen molar-refractivity contribution < 1.29 is 9.32 Å². The largest absolute Gasteiger partial charge is 0.368 e. The number of amides is 1. The Bertz CT molecular complexity index is 1260. The second-order valence-electron chi connectivity index (χ2n) is 7.20. The molecule has 32 heavy (non-hydrogen) atoms. The van der Waals surface area contributed by atoms with Gasteiger partial charge in [-0.15, -0.1) is 11.3 Å². The van der Waals surface area contributed by atoms with Gasteiger partial charge in [0.25, 0.3) is 5.56 Å². The summed E-state index contributed by atoms with van der Waals surface area (Å²) in [6.07, 6.45) is 2.31. The van der Waals surface area contributed by atoms with E-state index in [1.807, 2.05) is 29.6 Å². The van der Waals surface area contributed by atoms with Crippen LogP contribution in [0.1, 0.15) is 30.5 Å². The van der Waals surface area contributed by atoms with E-state index in [0.29, 0.717) is 48.9 Å². The smallest absolute Gasteiger partial charge is 0.272 e. The van der Waals surface area contributed by atoms with Crippen LogP contribution in [0.25, 0.3) is 22.2 Å². The minimum Gasteiger partial charge on any atom is -0.368 e. The van der Waals surface area contributed by atoms with Crippen LogP contribution in [0.15, 0.2) is 45.0 Å². The molecule has 0 aliphatic heterocycles. The van der Waals surface area contributed by atoms with Crippen molar-refractivity contribution in [3.63, 3.8) is 0 Å². The molecule has 3 heterocycles. The zero-order valence-electron chi connectivity index (χ0n) is 17.7. The molecule has 0 unspecified atom stereocenters. The lowest BCUT2D eigenvalue weighted by Crippen LogP contribution is -2.26. The number of aromatic nitrogens is 4. The zero-order valence-corrected chi connectivity index (χ0v) is 18.5. The first-order chi connectivity index (χ1) is 15.7. The third kappa shape index (κ3) is 5.02. The van der Waals surface area contributed by atoms with E-state index in [-0.39, 0.29) is 17.9 Å². The number of aromatic amines is 1. The molecule has 4 aromatic rings. The van der Waals surface area contributed by atoms with E-state index in [9.17, 15) is 9.59 Å². The number of hydrogen-bond acceptors (Lipinski definition) is 8. The predicted molar refractivity (Wildman–Crippen MR) is 124 cm³/mol. The number of carbonyl (C=O) groups is 1. The van der Waals surface area contributed by atoms with Crippen LogP contribution in [-0.4, -0.2) is 39.3 Å². The van der Waals surface area contributed by atoms with E-state index >= 15 is 0 Å². The Morgan fingerprint density at radius 3 is 2.88 bits per heavy atom. The summed E-state index contributed by atoms with van der Waals surface area (Å²) in [5.41, 5.74) is 0.780. The molecule has 0 fully saturated rings. The van der Waals surface area contributed by atoms with Crippen LogP contribution >= 0.6 is 11.3 Å². The Kier molecular flexibility index (Phi) is 6.90. The second-order valence-corrected chi connectivity index (χ2v) is 8.20. The molecule has 0 atom stereocenters. The first-order valence-electron chi connectivity index (χ1n) is 10.5. The third-order valence-electron chi connectivity index (χ3n) is 5.01. The van der Waals surface area contributed by atoms with Crippen molar-refractivity contribution in [1.29, 1.82) is 0 Å². The van der Waals surface area contributed by atoms with Gasteiger partial charge in [-0.2, -0.15) is 10.1 Å². The lowest BCUT2D eigenvalue weighted by molar-refractivity contribution is -0.121. The molecule has 0 saturated heterocycles. The second kappa shape index (κ2) is 10.2. The fraction of sp³-hybridized carbons (Fsp3) is 0.318. The number of rotatable bonds is 10. The molecule has 0 aliphatic carbocycles. The highest BCUT2D eigenvalue weighted by atomic mass is 32.1. The summed E-state index contributed by atoms with van der Waals surface area (Å²) in [4.78, 5) is 29.6. The van der Waals surface area contributed by atoms with Crippen molar-refractivity contribution in [3.8, 4) is 11.4 Å². The standard InChI is InChI=1S/C22H24N6O3S/c1-2-17-16(10-13-32-17)21-25-19(31-28-21)9-8-18(29)23-11-5-12-24-20-14-6-3-4-7-15(14)22(30)27-26-20/h3-4,6-7,10,13H,2,5,8-9,11-12H2,1H3,(H,23,29)(H,24,26)(H,27,30). The zero-order chi connectivity index (χ0) is 22.3. The van der Waals surface area contributed by atoms with Crippen molar-refractivity contribution >= 4 is 33.8 Å². The first kappa shape index (κ1) is 21.7. The van der Waals surface area contributed by atoms with Gasteiger partial charge in [-0.3, -0.25) is 9.59 Å². The average Bonchev–Trinajstić information content (AvgIpc) is 3.48. The van der Waals surface area contributed by atoms with Crippen molar-refractivity contribution in [3.05, 3.63) is 56.8 Å². The molecule has 0 radical (unpaired) electrons. The van der Waals surface area contributed by atoms with E-state index in [1.54, 1.807) is 17.4 Å². The number of hydrogen-bond donors (Lipinski definition) is 3. The Morgan fingerprint density at radius 1 is 1.19 bits per heavy atom. The van der Waals surface area contributed by atoms with Crippen molar-refractivity contribution in [2.45, 2.75) is 32.6 Å². The van der Waals surface area contributed by atoms with Gasteiger partial charge >= 0.3 is 0 Å². The summed E-state index contributed by atoms with van der Waals surface area (Å²) in [7, 11) is 0. The molecule has 4 rings (SSSR count). The number of aryl methyl sites for hydroxylation is 2. The van der Waals surface area contributed by atoms with Crippen LogP contribution < -0.4 is 16.2 Å². The quantitative estimate of drug-likeness (QED) is 0.316. The molecule has 0 bridgehead atoms. The number of carbonyl (C=O) groups excluding carboxylic acids is 1. The number of anilines is 1. The third-order valence-corrected chi connectivity index (χ3v) is 6.07. The summed E-state index contributed by atoms with van der Waals surface area (Å²) in [6.45, 7) is 3.23. The fourth-order valence-electron chi connectivity index (χ4n) is 3.36. The van der Waals surface area contributed by atoms with Crippen LogP contribution in [0.3, 0.4) is 0 Å². The maximum absolute atomic E-state index is 12.1. The molecule has 0 spiro atoms. The predicted octanol–water partition coefficient (Wildman–Crippen LogP) is 3.15. The van der Waals surface area contributed by atoms with Gasteiger partial charge in [0.2, 0.25) is 17.6 Å². The van der Waals surface area contributed by atoms with E-state index < -0.39 is 0 Å². The number of fused-ring (bicyclic) bond motifs is 1. The van der Waals surface area contributed by atoms with Gasteiger partial charge < -0.3 is 15.2 Å². The maximum atomic E-state index is 12.1. The lowest BCUT2D eigenvalue weighted by atomic mass is 10.2. The Hall–Kier alpha value is -3.53. The highest BCUT2D eigenvalue weighted by Crippen LogP contribution is 2.26. The average molecular weight is 453 g/mol. The lowest BCUT2D eigenvalue weighted by Gasteiger charge is -2.08. The van der Waals surface area contributed by atoms with E-state index in [1.165, 1.54) is 4.88 Å². The molecule has 9 nitrogen and oxygen atoms in total. The van der Waals surface area contributed by atoms with Crippen LogP contribution in [0, 0.1) is 0 Å². The summed E-state index contributed by atoms with van der Waals surface area (Å²) in [5, 5.41) is 20.1. The van der Waals surface area contributed by atoms with E-state index in [0.717, 1.165) is 17.4 Å². The number of nitrogens with one attached hydrogen (secondary N) is 3. The van der Waals surface area contributed by atoms with Crippen LogP contribution in [0.4, 0.5) is 5.82 Å². The van der Waals surface area contributed by atoms with Crippen molar-refractivity contribution in [2.75, 3.05) is 18.4 Å². The van der Waals surface area contributed by atoms with E-state index in [2.05, 4.69) is 37.9 Å². The monoisotopic (exact) mass is 452 g/mol. The molecule has 1 amide bonds. The SMILES string of the molecule is CCc1sccc1-c1noc(CCC(=O)NCCCNc2n[nH]c(=O)c3ccccc23)n1. The van der Waals surface area contributed by atoms with Crippen molar-refractivity contribution in [1.82, 2.24) is 25.7 Å². The Balaban J connectivity index is 1.19. The van der Waals surface area contributed by atoms with Gasteiger partial charge in [-0.25, -0.2) is 5.10 Å². The minimum atomic E-state index is -0.215. The summed E-state index contributed by atoms with van der Waals surface area (Å²) in [5.74, 6) is 1.59. The maximum Gasteiger partial charge on any atom is 0.272 e. The van der Waals surface area contributed by atoms with Gasteiger partial charge in [0.05, 0.1) is 5.39 Å². The normalized spacial score (nSPS) is 11.0. The molecule has 1 aromatic carbocycles. The molecule has 166 valence electrons. The molecular formula is C22H24N6O3S. The van der Waals surface area contributed by atoms with Gasteiger partial charge in [0.15, 0.2) is 5.82 Å². The van der Waals surface area contributed by atoms with Gasteiger partial charge in [-0.05, 0) is 30.4 Å². The Morgan fingerprint density at radius 2 is 2.03 bits per heavy atom. The molecule has 0 aliphatic rings. The molecule has 0 saturated carbocycles. The number of nitrogens with zero attached hydrogens (tertiary/aromatic N) is 3. The molecule has 3 N–H and O–H groups in total. The fourth-order valence-corrected chi connectivity index (χ4v) is 4.18. The molecular weight excluding hydrogens is 428 g/mol. The highest BCUT2D eigenvalue weighted by Gasteiger charge is 2.14. The number of thiophene rings is 1. The van der Waals surface area contributed by atoms with Gasteiger partial charge in [-0.1, -0.05) is 30.3 Å².